The second kappa shape index (κ2) is 2.75. The minimum atomic E-state index is 0.935. The fraction of sp³-hybridized carbons (Fsp3) is 0.222. The van der Waals surface area contributed by atoms with Crippen LogP contribution >= 0.6 is 11.3 Å². The Hall–Kier alpha value is -1.09. The highest BCUT2D eigenvalue weighted by atomic mass is 32.1. The van der Waals surface area contributed by atoms with Gasteiger partial charge in [-0.15, -0.1) is 11.3 Å². The SMILES string of the molecule is Cc1cnc(-c2ccoc2C)s1. The maximum Gasteiger partial charge on any atom is 0.127 e. The van der Waals surface area contributed by atoms with Gasteiger partial charge in [0, 0.05) is 11.1 Å². The van der Waals surface area contributed by atoms with Crippen molar-refractivity contribution in [3.63, 3.8) is 0 Å². The van der Waals surface area contributed by atoms with Crippen LogP contribution in [0.25, 0.3) is 10.6 Å². The Balaban J connectivity index is 2.50. The highest BCUT2D eigenvalue weighted by Crippen LogP contribution is 2.27. The summed E-state index contributed by atoms with van der Waals surface area (Å²) in [4.78, 5) is 5.50. The molecule has 12 heavy (non-hydrogen) atoms. The van der Waals surface area contributed by atoms with Gasteiger partial charge >= 0.3 is 0 Å². The van der Waals surface area contributed by atoms with Crippen molar-refractivity contribution in [2.45, 2.75) is 13.8 Å². The molecule has 0 saturated heterocycles. The summed E-state index contributed by atoms with van der Waals surface area (Å²) >= 11 is 1.69. The Kier molecular flexibility index (Phi) is 1.73. The molecule has 0 N–H and O–H groups in total. The molecule has 0 bridgehead atoms. The third kappa shape index (κ3) is 1.16. The molecule has 2 heterocycles. The fourth-order valence-electron chi connectivity index (χ4n) is 1.09. The van der Waals surface area contributed by atoms with Crippen molar-refractivity contribution in [3.8, 4) is 10.6 Å². The maximum atomic E-state index is 5.19. The quantitative estimate of drug-likeness (QED) is 0.672. The smallest absolute Gasteiger partial charge is 0.127 e. The molecule has 62 valence electrons. The fourth-order valence-corrected chi connectivity index (χ4v) is 1.92. The molecule has 0 radical (unpaired) electrons. The monoisotopic (exact) mass is 179 g/mol. The number of hydrogen-bond acceptors (Lipinski definition) is 3. The normalized spacial score (nSPS) is 10.5. The minimum Gasteiger partial charge on any atom is -0.469 e. The lowest BCUT2D eigenvalue weighted by molar-refractivity contribution is 0.535. The van der Waals surface area contributed by atoms with E-state index in [4.69, 9.17) is 4.42 Å². The molecule has 0 aliphatic heterocycles. The van der Waals surface area contributed by atoms with E-state index in [9.17, 15) is 0 Å². The maximum absolute atomic E-state index is 5.19. The van der Waals surface area contributed by atoms with E-state index in [0.29, 0.717) is 0 Å². The molecule has 0 fully saturated rings. The van der Waals surface area contributed by atoms with Crippen molar-refractivity contribution in [3.05, 3.63) is 29.2 Å². The number of rotatable bonds is 1. The molecule has 0 aliphatic carbocycles. The summed E-state index contributed by atoms with van der Waals surface area (Å²) in [5.74, 6) is 0.935. The molecule has 0 saturated carbocycles. The van der Waals surface area contributed by atoms with Gasteiger partial charge in [-0.2, -0.15) is 0 Å². The molecule has 2 nitrogen and oxygen atoms in total. The van der Waals surface area contributed by atoms with Crippen LogP contribution < -0.4 is 0 Å². The number of hydrogen-bond donors (Lipinski definition) is 0. The molecule has 2 rings (SSSR count). The Morgan fingerprint density at radius 3 is 2.75 bits per heavy atom. The first-order valence-corrected chi connectivity index (χ1v) is 4.56. The van der Waals surface area contributed by atoms with E-state index in [2.05, 4.69) is 11.9 Å². The van der Waals surface area contributed by atoms with Gasteiger partial charge in [-0.1, -0.05) is 0 Å². The summed E-state index contributed by atoms with van der Waals surface area (Å²) in [6, 6.07) is 1.95. The third-order valence-corrected chi connectivity index (χ3v) is 2.66. The molecule has 3 heteroatoms. The van der Waals surface area contributed by atoms with Crippen LogP contribution in [0.1, 0.15) is 10.6 Å². The molecule has 0 amide bonds. The van der Waals surface area contributed by atoms with Crippen molar-refractivity contribution < 1.29 is 4.42 Å². The van der Waals surface area contributed by atoms with Crippen molar-refractivity contribution >= 4 is 11.3 Å². The van der Waals surface area contributed by atoms with Crippen LogP contribution in [-0.4, -0.2) is 4.98 Å². The molecule has 0 atom stereocenters. The molecule has 0 aliphatic rings. The minimum absolute atomic E-state index is 0.935. The van der Waals surface area contributed by atoms with Gasteiger partial charge in [0.1, 0.15) is 10.8 Å². The Morgan fingerprint density at radius 1 is 1.42 bits per heavy atom. The highest BCUT2D eigenvalue weighted by molar-refractivity contribution is 7.14. The molecule has 2 aromatic heterocycles. The number of furan rings is 1. The van der Waals surface area contributed by atoms with E-state index >= 15 is 0 Å². The second-order valence-corrected chi connectivity index (χ2v) is 3.90. The van der Waals surface area contributed by atoms with E-state index < -0.39 is 0 Å². The lowest BCUT2D eigenvalue weighted by Crippen LogP contribution is -1.72. The van der Waals surface area contributed by atoms with Crippen LogP contribution in [-0.2, 0) is 0 Å². The number of aryl methyl sites for hydroxylation is 2. The van der Waals surface area contributed by atoms with Crippen LogP contribution in [0, 0.1) is 13.8 Å². The molecule has 0 unspecified atom stereocenters. The highest BCUT2D eigenvalue weighted by Gasteiger charge is 2.07. The predicted molar refractivity (Wildman–Crippen MR) is 49.3 cm³/mol. The summed E-state index contributed by atoms with van der Waals surface area (Å²) in [5.41, 5.74) is 1.10. The lowest BCUT2D eigenvalue weighted by Gasteiger charge is -1.89. The zero-order valence-corrected chi connectivity index (χ0v) is 7.81. The Bertz CT molecular complexity index is 389. The lowest BCUT2D eigenvalue weighted by atomic mass is 10.3. The van der Waals surface area contributed by atoms with Gasteiger partial charge in [-0.05, 0) is 19.9 Å². The van der Waals surface area contributed by atoms with Crippen molar-refractivity contribution in [2.24, 2.45) is 0 Å². The summed E-state index contributed by atoms with van der Waals surface area (Å²) < 4.78 is 5.19. The van der Waals surface area contributed by atoms with Crippen LogP contribution in [0.2, 0.25) is 0 Å². The zero-order valence-electron chi connectivity index (χ0n) is 7.00. The largest absolute Gasteiger partial charge is 0.469 e. The Labute approximate surface area is 74.9 Å². The molecule has 0 spiro atoms. The summed E-state index contributed by atoms with van der Waals surface area (Å²) in [6.07, 6.45) is 3.58. The van der Waals surface area contributed by atoms with Gasteiger partial charge in [0.25, 0.3) is 0 Å². The van der Waals surface area contributed by atoms with Gasteiger partial charge < -0.3 is 4.42 Å². The summed E-state index contributed by atoms with van der Waals surface area (Å²) in [6.45, 7) is 4.00. The summed E-state index contributed by atoms with van der Waals surface area (Å²) in [5, 5.41) is 1.04. The molecule has 2 aromatic rings. The first-order chi connectivity index (χ1) is 5.77. The van der Waals surface area contributed by atoms with Crippen LogP contribution in [0.5, 0.6) is 0 Å². The number of nitrogens with zero attached hydrogens (tertiary/aromatic N) is 1. The van der Waals surface area contributed by atoms with Crippen LogP contribution in [0.15, 0.2) is 22.9 Å². The third-order valence-electron chi connectivity index (χ3n) is 1.71. The number of aromatic nitrogens is 1. The van der Waals surface area contributed by atoms with Crippen molar-refractivity contribution in [2.75, 3.05) is 0 Å². The predicted octanol–water partition coefficient (Wildman–Crippen LogP) is 3.02. The van der Waals surface area contributed by atoms with E-state index in [1.165, 1.54) is 4.88 Å². The van der Waals surface area contributed by atoms with E-state index in [1.54, 1.807) is 17.6 Å². The topological polar surface area (TPSA) is 26.0 Å². The average molecular weight is 179 g/mol. The van der Waals surface area contributed by atoms with Gasteiger partial charge in [0.05, 0.1) is 11.8 Å². The van der Waals surface area contributed by atoms with E-state index in [-0.39, 0.29) is 0 Å². The van der Waals surface area contributed by atoms with Crippen LogP contribution in [0.4, 0.5) is 0 Å². The number of thiazole rings is 1. The first-order valence-electron chi connectivity index (χ1n) is 3.74. The van der Waals surface area contributed by atoms with Crippen molar-refractivity contribution in [1.29, 1.82) is 0 Å². The van der Waals surface area contributed by atoms with E-state index in [0.717, 1.165) is 16.3 Å². The molecular weight excluding hydrogens is 170 g/mol. The van der Waals surface area contributed by atoms with Gasteiger partial charge in [-0.25, -0.2) is 4.98 Å². The molecule has 0 aromatic carbocycles. The summed E-state index contributed by atoms with van der Waals surface area (Å²) in [7, 11) is 0. The zero-order chi connectivity index (χ0) is 8.55. The first kappa shape index (κ1) is 7.55. The van der Waals surface area contributed by atoms with Gasteiger partial charge in [-0.3, -0.25) is 0 Å². The van der Waals surface area contributed by atoms with E-state index in [1.807, 2.05) is 19.2 Å². The van der Waals surface area contributed by atoms with Crippen LogP contribution in [0.3, 0.4) is 0 Å². The Morgan fingerprint density at radius 2 is 2.25 bits per heavy atom. The van der Waals surface area contributed by atoms with Gasteiger partial charge in [0.15, 0.2) is 0 Å². The second-order valence-electron chi connectivity index (χ2n) is 2.67. The van der Waals surface area contributed by atoms with Crippen molar-refractivity contribution in [1.82, 2.24) is 4.98 Å². The standard InChI is InChI=1S/C9H9NOS/c1-6-5-10-9(12-6)8-3-4-11-7(8)2/h3-5H,1-2H3. The average Bonchev–Trinajstić information content (AvgIpc) is 2.58. The van der Waals surface area contributed by atoms with Gasteiger partial charge in [0.2, 0.25) is 0 Å². The molecular formula is C9H9NOS.